The summed E-state index contributed by atoms with van der Waals surface area (Å²) in [6.07, 6.45) is 0.379. The fraction of sp³-hybridized carbons (Fsp3) is 0.333. The lowest BCUT2D eigenvalue weighted by atomic mass is 10.2. The predicted molar refractivity (Wildman–Crippen MR) is 72.7 cm³/mol. The number of halogens is 1. The van der Waals surface area contributed by atoms with Crippen molar-refractivity contribution < 1.29 is 9.59 Å². The fourth-order valence-electron chi connectivity index (χ4n) is 1.19. The monoisotopic (exact) mass is 269 g/mol. The summed E-state index contributed by atoms with van der Waals surface area (Å²) >= 11 is 5.95. The van der Waals surface area contributed by atoms with Crippen molar-refractivity contribution in [1.29, 1.82) is 0 Å². The predicted octanol–water partition coefficient (Wildman–Crippen LogP) is 1.97. The van der Waals surface area contributed by atoms with Gasteiger partial charge in [0, 0.05) is 12.1 Å². The first-order valence-electron chi connectivity index (χ1n) is 5.60. The number of hydrogen-bond donors (Lipinski definition) is 3. The molecule has 98 valence electrons. The van der Waals surface area contributed by atoms with Gasteiger partial charge in [0.15, 0.2) is 0 Å². The van der Waals surface area contributed by atoms with Gasteiger partial charge in [0.2, 0.25) is 11.8 Å². The summed E-state index contributed by atoms with van der Waals surface area (Å²) in [4.78, 5) is 22.7. The lowest BCUT2D eigenvalue weighted by molar-refractivity contribution is -0.117. The van der Waals surface area contributed by atoms with Gasteiger partial charge >= 0.3 is 0 Å². The molecule has 1 aromatic carbocycles. The molecule has 2 amide bonds. The Bertz CT molecular complexity index is 461. The third kappa shape index (κ3) is 4.01. The number of rotatable bonds is 4. The van der Waals surface area contributed by atoms with Gasteiger partial charge in [-0.2, -0.15) is 0 Å². The van der Waals surface area contributed by atoms with Crippen molar-refractivity contribution in [3.8, 4) is 0 Å². The Morgan fingerprint density at radius 1 is 1.39 bits per heavy atom. The van der Waals surface area contributed by atoms with E-state index in [9.17, 15) is 9.59 Å². The number of hydrogen-bond acceptors (Lipinski definition) is 3. The van der Waals surface area contributed by atoms with Gasteiger partial charge in [0.1, 0.15) is 0 Å². The van der Waals surface area contributed by atoms with Crippen LogP contribution in [0.1, 0.15) is 20.3 Å². The highest BCUT2D eigenvalue weighted by Crippen LogP contribution is 2.25. The molecule has 0 aliphatic heterocycles. The average Bonchev–Trinajstić information content (AvgIpc) is 2.33. The molecule has 1 atom stereocenters. The van der Waals surface area contributed by atoms with Crippen LogP contribution in [0.5, 0.6) is 0 Å². The highest BCUT2D eigenvalue weighted by atomic mass is 35.5. The van der Waals surface area contributed by atoms with Crippen LogP contribution in [0.2, 0.25) is 5.02 Å². The van der Waals surface area contributed by atoms with Crippen molar-refractivity contribution in [3.63, 3.8) is 0 Å². The number of amides is 2. The Balaban J connectivity index is 2.87. The van der Waals surface area contributed by atoms with E-state index >= 15 is 0 Å². The van der Waals surface area contributed by atoms with Crippen LogP contribution >= 0.6 is 11.6 Å². The standard InChI is InChI=1S/C12H16ClN3O2/c1-3-11(17)15-8-4-5-9(13)10(6-8)16-12(18)7(2)14/h4-7H,3,14H2,1-2H3,(H,15,17)(H,16,18)/t7-/m0/s1. The molecule has 5 nitrogen and oxygen atoms in total. The van der Waals surface area contributed by atoms with Gasteiger partial charge in [-0.1, -0.05) is 18.5 Å². The molecular formula is C12H16ClN3O2. The van der Waals surface area contributed by atoms with E-state index < -0.39 is 6.04 Å². The zero-order valence-corrected chi connectivity index (χ0v) is 11.0. The number of nitrogens with two attached hydrogens (primary N) is 1. The molecule has 0 unspecified atom stereocenters. The maximum atomic E-state index is 11.5. The fourth-order valence-corrected chi connectivity index (χ4v) is 1.36. The lowest BCUT2D eigenvalue weighted by Gasteiger charge is -2.11. The summed E-state index contributed by atoms with van der Waals surface area (Å²) in [5.74, 6) is -0.447. The Morgan fingerprint density at radius 2 is 2.06 bits per heavy atom. The molecule has 18 heavy (non-hydrogen) atoms. The van der Waals surface area contributed by atoms with Crippen molar-refractivity contribution in [2.75, 3.05) is 10.6 Å². The summed E-state index contributed by atoms with van der Waals surface area (Å²) in [7, 11) is 0. The van der Waals surface area contributed by atoms with Gasteiger partial charge < -0.3 is 16.4 Å². The van der Waals surface area contributed by atoms with E-state index in [0.29, 0.717) is 22.8 Å². The maximum Gasteiger partial charge on any atom is 0.241 e. The molecule has 0 saturated carbocycles. The molecule has 0 saturated heterocycles. The molecule has 4 N–H and O–H groups in total. The molecular weight excluding hydrogens is 254 g/mol. The summed E-state index contributed by atoms with van der Waals surface area (Å²) in [6, 6.07) is 4.23. The Morgan fingerprint density at radius 3 is 2.61 bits per heavy atom. The number of nitrogens with one attached hydrogen (secondary N) is 2. The number of carbonyl (C=O) groups is 2. The molecule has 0 aromatic heterocycles. The van der Waals surface area contributed by atoms with Crippen LogP contribution < -0.4 is 16.4 Å². The summed E-state index contributed by atoms with van der Waals surface area (Å²) in [5.41, 5.74) is 6.45. The highest BCUT2D eigenvalue weighted by Gasteiger charge is 2.11. The first-order chi connectivity index (χ1) is 8.43. The van der Waals surface area contributed by atoms with E-state index in [1.165, 1.54) is 0 Å². The molecule has 0 aliphatic rings. The second-order valence-corrected chi connectivity index (χ2v) is 4.28. The summed E-state index contributed by atoms with van der Waals surface area (Å²) < 4.78 is 0. The first kappa shape index (κ1) is 14.5. The van der Waals surface area contributed by atoms with Crippen LogP contribution in [-0.4, -0.2) is 17.9 Å². The number of carbonyl (C=O) groups excluding carboxylic acids is 2. The molecule has 1 rings (SSSR count). The minimum absolute atomic E-state index is 0.109. The molecule has 1 aromatic rings. The molecule has 0 aliphatic carbocycles. The van der Waals surface area contributed by atoms with E-state index in [1.54, 1.807) is 32.0 Å². The molecule has 0 fully saturated rings. The summed E-state index contributed by atoms with van der Waals surface area (Å²) in [6.45, 7) is 3.33. The largest absolute Gasteiger partial charge is 0.326 e. The topological polar surface area (TPSA) is 84.2 Å². The van der Waals surface area contributed by atoms with Crippen molar-refractivity contribution in [3.05, 3.63) is 23.2 Å². The Kier molecular flexibility index (Phi) is 5.12. The van der Waals surface area contributed by atoms with Gasteiger partial charge in [-0.3, -0.25) is 9.59 Å². The Labute approximate surface area is 111 Å². The average molecular weight is 270 g/mol. The SMILES string of the molecule is CCC(=O)Nc1ccc(Cl)c(NC(=O)[C@H](C)N)c1. The second-order valence-electron chi connectivity index (χ2n) is 3.87. The molecule has 0 heterocycles. The van der Waals surface area contributed by atoms with E-state index in [1.807, 2.05) is 0 Å². The lowest BCUT2D eigenvalue weighted by Crippen LogP contribution is -2.32. The smallest absolute Gasteiger partial charge is 0.241 e. The molecule has 0 radical (unpaired) electrons. The van der Waals surface area contributed by atoms with Crippen LogP contribution in [0.3, 0.4) is 0 Å². The number of anilines is 2. The molecule has 6 heteroatoms. The van der Waals surface area contributed by atoms with Crippen molar-refractivity contribution in [2.24, 2.45) is 5.73 Å². The van der Waals surface area contributed by atoms with Gasteiger partial charge in [-0.05, 0) is 25.1 Å². The molecule has 0 bridgehead atoms. The van der Waals surface area contributed by atoms with Gasteiger partial charge in [-0.25, -0.2) is 0 Å². The van der Waals surface area contributed by atoms with Crippen molar-refractivity contribution >= 4 is 34.8 Å². The minimum atomic E-state index is -0.630. The zero-order chi connectivity index (χ0) is 13.7. The summed E-state index contributed by atoms with van der Waals surface area (Å²) in [5, 5.41) is 5.66. The first-order valence-corrected chi connectivity index (χ1v) is 5.97. The van der Waals surface area contributed by atoms with Crippen LogP contribution in [-0.2, 0) is 9.59 Å². The molecule has 0 spiro atoms. The van der Waals surface area contributed by atoms with Crippen LogP contribution in [0, 0.1) is 0 Å². The zero-order valence-electron chi connectivity index (χ0n) is 10.3. The van der Waals surface area contributed by atoms with Crippen molar-refractivity contribution in [1.82, 2.24) is 0 Å². The van der Waals surface area contributed by atoms with E-state index in [4.69, 9.17) is 17.3 Å². The van der Waals surface area contributed by atoms with Crippen LogP contribution in [0.25, 0.3) is 0 Å². The maximum absolute atomic E-state index is 11.5. The van der Waals surface area contributed by atoms with E-state index in [2.05, 4.69) is 10.6 Å². The normalized spacial score (nSPS) is 11.8. The quantitative estimate of drug-likeness (QED) is 0.781. The van der Waals surface area contributed by atoms with Crippen LogP contribution in [0.4, 0.5) is 11.4 Å². The van der Waals surface area contributed by atoms with E-state index in [0.717, 1.165) is 0 Å². The number of benzene rings is 1. The van der Waals surface area contributed by atoms with Crippen molar-refractivity contribution in [2.45, 2.75) is 26.3 Å². The van der Waals surface area contributed by atoms with Gasteiger partial charge in [0.25, 0.3) is 0 Å². The minimum Gasteiger partial charge on any atom is -0.326 e. The van der Waals surface area contributed by atoms with Gasteiger partial charge in [-0.15, -0.1) is 0 Å². The third-order valence-corrected chi connectivity index (χ3v) is 2.57. The third-order valence-electron chi connectivity index (χ3n) is 2.24. The highest BCUT2D eigenvalue weighted by molar-refractivity contribution is 6.34. The van der Waals surface area contributed by atoms with E-state index in [-0.39, 0.29) is 11.8 Å². The Hall–Kier alpha value is -1.59. The second kappa shape index (κ2) is 6.37. The van der Waals surface area contributed by atoms with Gasteiger partial charge in [0.05, 0.1) is 16.8 Å². The van der Waals surface area contributed by atoms with Crippen LogP contribution in [0.15, 0.2) is 18.2 Å².